The first-order chi connectivity index (χ1) is 7.07. The smallest absolute Gasteiger partial charge is 0.142 e. The van der Waals surface area contributed by atoms with E-state index in [4.69, 9.17) is 0 Å². The number of hydrogen-bond donors (Lipinski definition) is 0. The van der Waals surface area contributed by atoms with E-state index in [0.717, 1.165) is 16.4 Å². The zero-order valence-corrected chi connectivity index (χ0v) is 9.93. The second kappa shape index (κ2) is 3.74. The highest BCUT2D eigenvalue weighted by Crippen LogP contribution is 2.24. The van der Waals surface area contributed by atoms with Gasteiger partial charge < -0.3 is 0 Å². The van der Waals surface area contributed by atoms with Gasteiger partial charge in [0.1, 0.15) is 5.01 Å². The molecule has 2 nitrogen and oxygen atoms in total. The van der Waals surface area contributed by atoms with Crippen LogP contribution in [0.4, 0.5) is 0 Å². The van der Waals surface area contributed by atoms with Crippen molar-refractivity contribution in [2.45, 2.75) is 26.2 Å². The van der Waals surface area contributed by atoms with Crippen LogP contribution in [0, 0.1) is 5.38 Å². The topological polar surface area (TPSA) is 25.8 Å². The molecule has 0 unspecified atom stereocenters. The Kier molecular flexibility index (Phi) is 2.57. The lowest BCUT2D eigenvalue weighted by molar-refractivity contribution is 0.569. The van der Waals surface area contributed by atoms with Crippen molar-refractivity contribution in [2.24, 2.45) is 0 Å². The molecule has 0 amide bonds. The number of nitrogens with zero attached hydrogens (tertiary/aromatic N) is 2. The van der Waals surface area contributed by atoms with E-state index < -0.39 is 0 Å². The average molecular weight is 217 g/mol. The summed E-state index contributed by atoms with van der Waals surface area (Å²) < 4.78 is 0. The number of rotatable bonds is 1. The van der Waals surface area contributed by atoms with Crippen molar-refractivity contribution in [1.29, 1.82) is 0 Å². The van der Waals surface area contributed by atoms with Gasteiger partial charge in [0.2, 0.25) is 0 Å². The van der Waals surface area contributed by atoms with Crippen LogP contribution in [0.3, 0.4) is 0 Å². The molecule has 0 aliphatic rings. The van der Waals surface area contributed by atoms with Crippen molar-refractivity contribution >= 4 is 11.3 Å². The summed E-state index contributed by atoms with van der Waals surface area (Å²) in [6.45, 7) is 6.48. The molecule has 0 saturated heterocycles. The number of pyridine rings is 1. The van der Waals surface area contributed by atoms with Crippen molar-refractivity contribution in [3.8, 4) is 10.7 Å². The first-order valence-corrected chi connectivity index (χ1v) is 5.69. The van der Waals surface area contributed by atoms with Crippen LogP contribution in [-0.2, 0) is 5.41 Å². The van der Waals surface area contributed by atoms with Crippen LogP contribution in [0.5, 0.6) is 0 Å². The number of aromatic nitrogens is 2. The summed E-state index contributed by atoms with van der Waals surface area (Å²) in [7, 11) is 0. The zero-order valence-electron chi connectivity index (χ0n) is 9.11. The molecule has 0 fully saturated rings. The maximum atomic E-state index is 4.61. The minimum atomic E-state index is 0.0803. The molecule has 0 aliphatic carbocycles. The van der Waals surface area contributed by atoms with E-state index >= 15 is 0 Å². The molecular formula is C12H13N2S. The summed E-state index contributed by atoms with van der Waals surface area (Å²) in [5.74, 6) is 0. The molecule has 2 rings (SSSR count). The van der Waals surface area contributed by atoms with Gasteiger partial charge in [0.25, 0.3) is 0 Å². The minimum absolute atomic E-state index is 0.0803. The third kappa shape index (κ3) is 2.23. The van der Waals surface area contributed by atoms with Gasteiger partial charge in [-0.1, -0.05) is 26.8 Å². The highest BCUT2D eigenvalue weighted by molar-refractivity contribution is 7.12. The standard InChI is InChI=1S/C12H13N2S/c1-12(2,3)10-6-4-5-9(14-10)11-13-7-8-15-11/h4-7H,1-3H3. The Bertz CT molecular complexity index is 441. The third-order valence-electron chi connectivity index (χ3n) is 2.13. The quantitative estimate of drug-likeness (QED) is 0.732. The zero-order chi connectivity index (χ0) is 10.9. The molecule has 0 bridgehead atoms. The summed E-state index contributed by atoms with van der Waals surface area (Å²) in [6.07, 6.45) is 1.69. The third-order valence-corrected chi connectivity index (χ3v) is 2.86. The molecule has 0 atom stereocenters. The molecule has 2 aromatic heterocycles. The molecule has 0 saturated carbocycles. The van der Waals surface area contributed by atoms with Gasteiger partial charge in [0.05, 0.1) is 11.1 Å². The number of hydrogen-bond acceptors (Lipinski definition) is 3. The first-order valence-electron chi connectivity index (χ1n) is 4.87. The summed E-state index contributed by atoms with van der Waals surface area (Å²) >= 11 is 1.50. The fraction of sp³-hybridized carbons (Fsp3) is 0.333. The maximum Gasteiger partial charge on any atom is 0.142 e. The summed E-state index contributed by atoms with van der Waals surface area (Å²) in [5.41, 5.74) is 2.11. The van der Waals surface area contributed by atoms with Crippen LogP contribution < -0.4 is 0 Å². The second-order valence-corrected chi connectivity index (χ2v) is 5.27. The molecule has 0 spiro atoms. The van der Waals surface area contributed by atoms with Gasteiger partial charge in [0, 0.05) is 17.3 Å². The molecule has 0 aromatic carbocycles. The van der Waals surface area contributed by atoms with Crippen LogP contribution in [0.15, 0.2) is 24.4 Å². The predicted octanol–water partition coefficient (Wildman–Crippen LogP) is 3.30. The highest BCUT2D eigenvalue weighted by Gasteiger charge is 2.16. The summed E-state index contributed by atoms with van der Waals surface area (Å²) in [4.78, 5) is 8.82. The van der Waals surface area contributed by atoms with Gasteiger partial charge in [-0.2, -0.15) is 0 Å². The lowest BCUT2D eigenvalue weighted by Gasteiger charge is -2.17. The average Bonchev–Trinajstić information content (AvgIpc) is 2.69. The van der Waals surface area contributed by atoms with Crippen LogP contribution in [0.25, 0.3) is 10.7 Å². The number of thiazole rings is 1. The van der Waals surface area contributed by atoms with Crippen LogP contribution in [0.2, 0.25) is 0 Å². The minimum Gasteiger partial charge on any atom is -0.250 e. The van der Waals surface area contributed by atoms with E-state index in [0.29, 0.717) is 0 Å². The lowest BCUT2D eigenvalue weighted by atomic mass is 9.91. The van der Waals surface area contributed by atoms with Crippen LogP contribution >= 0.6 is 11.3 Å². The molecule has 3 heteroatoms. The second-order valence-electron chi connectivity index (χ2n) is 4.44. The molecular weight excluding hydrogens is 204 g/mol. The molecule has 15 heavy (non-hydrogen) atoms. The summed E-state index contributed by atoms with van der Waals surface area (Å²) in [6, 6.07) is 6.08. The van der Waals surface area contributed by atoms with Gasteiger partial charge in [-0.3, -0.25) is 0 Å². The van der Waals surface area contributed by atoms with E-state index in [1.807, 2.05) is 12.1 Å². The molecule has 2 heterocycles. The molecule has 0 N–H and O–H groups in total. The largest absolute Gasteiger partial charge is 0.250 e. The predicted molar refractivity (Wildman–Crippen MR) is 62.9 cm³/mol. The van der Waals surface area contributed by atoms with E-state index in [1.54, 1.807) is 6.20 Å². The lowest BCUT2D eigenvalue weighted by Crippen LogP contribution is -2.13. The van der Waals surface area contributed by atoms with E-state index in [1.165, 1.54) is 11.3 Å². The Morgan fingerprint density at radius 1 is 1.27 bits per heavy atom. The van der Waals surface area contributed by atoms with E-state index in [9.17, 15) is 0 Å². The highest BCUT2D eigenvalue weighted by atomic mass is 32.1. The van der Waals surface area contributed by atoms with Gasteiger partial charge in [-0.05, 0) is 12.1 Å². The van der Waals surface area contributed by atoms with Crippen molar-refractivity contribution in [3.63, 3.8) is 0 Å². The Morgan fingerprint density at radius 2 is 2.07 bits per heavy atom. The normalized spacial score (nSPS) is 11.7. The van der Waals surface area contributed by atoms with Gasteiger partial charge in [-0.15, -0.1) is 11.3 Å². The molecule has 1 radical (unpaired) electrons. The van der Waals surface area contributed by atoms with Gasteiger partial charge in [-0.25, -0.2) is 9.97 Å². The van der Waals surface area contributed by atoms with Gasteiger partial charge >= 0.3 is 0 Å². The van der Waals surface area contributed by atoms with Gasteiger partial charge in [0.15, 0.2) is 0 Å². The Balaban J connectivity index is 2.44. The van der Waals surface area contributed by atoms with E-state index in [2.05, 4.69) is 42.2 Å². The van der Waals surface area contributed by atoms with Crippen LogP contribution in [-0.4, -0.2) is 9.97 Å². The van der Waals surface area contributed by atoms with Crippen molar-refractivity contribution < 1.29 is 0 Å². The molecule has 0 aliphatic heterocycles. The van der Waals surface area contributed by atoms with Crippen molar-refractivity contribution in [2.75, 3.05) is 0 Å². The molecule has 77 valence electrons. The molecule has 2 aromatic rings. The maximum absolute atomic E-state index is 4.61. The van der Waals surface area contributed by atoms with Crippen molar-refractivity contribution in [1.82, 2.24) is 9.97 Å². The first kappa shape index (κ1) is 10.3. The Labute approximate surface area is 94.0 Å². The SMILES string of the molecule is CC(C)(C)c1cccc(-c2nc[c]s2)n1. The summed E-state index contributed by atoms with van der Waals surface area (Å²) in [5, 5.41) is 3.91. The Hall–Kier alpha value is -1.22. The fourth-order valence-corrected chi connectivity index (χ4v) is 1.82. The van der Waals surface area contributed by atoms with E-state index in [-0.39, 0.29) is 5.41 Å². The Morgan fingerprint density at radius 3 is 2.67 bits per heavy atom. The monoisotopic (exact) mass is 217 g/mol. The van der Waals surface area contributed by atoms with Crippen LogP contribution in [0.1, 0.15) is 26.5 Å². The fourth-order valence-electron chi connectivity index (χ4n) is 1.28. The van der Waals surface area contributed by atoms with Crippen molar-refractivity contribution in [3.05, 3.63) is 35.5 Å².